The van der Waals surface area contributed by atoms with E-state index in [0.717, 1.165) is 0 Å². The molecule has 0 bridgehead atoms. The minimum Gasteiger partial charge on any atom is -0.465 e. The Balaban J connectivity index is 1.98. The normalized spacial score (nSPS) is 11.8. The predicted octanol–water partition coefficient (Wildman–Crippen LogP) is 4.71. The Morgan fingerprint density at radius 1 is 0.655 bits per heavy atom. The predicted molar refractivity (Wildman–Crippen MR) is 111 cm³/mol. The van der Waals surface area contributed by atoms with E-state index in [1.807, 2.05) is 60.7 Å². The van der Waals surface area contributed by atoms with Gasteiger partial charge in [-0.25, -0.2) is 9.59 Å². The summed E-state index contributed by atoms with van der Waals surface area (Å²) in [5.74, 6) is -0.0241. The Morgan fingerprint density at radius 2 is 1.03 bits per heavy atom. The van der Waals surface area contributed by atoms with Gasteiger partial charge >= 0.3 is 11.9 Å². The SMILES string of the molecule is COC(=O)C(=Cc1ccc(C=C(C(=O)OC)c2ccccc2)o1)c1ccccc1. The minimum atomic E-state index is -0.468. The van der Waals surface area contributed by atoms with E-state index in [9.17, 15) is 9.59 Å². The standard InChI is InChI=1S/C24H20O5/c1-27-23(25)21(17-9-5-3-6-10-17)15-19-13-14-20(29-19)16-22(24(26)28-2)18-11-7-4-8-12-18/h3-16H,1-2H3. The van der Waals surface area contributed by atoms with Gasteiger partial charge in [0, 0.05) is 0 Å². The van der Waals surface area contributed by atoms with Crippen molar-refractivity contribution >= 4 is 35.2 Å². The van der Waals surface area contributed by atoms with Crippen molar-refractivity contribution in [3.8, 4) is 0 Å². The first-order valence-corrected chi connectivity index (χ1v) is 8.93. The molecular weight excluding hydrogens is 368 g/mol. The van der Waals surface area contributed by atoms with E-state index in [-0.39, 0.29) is 0 Å². The molecule has 1 aromatic heterocycles. The maximum atomic E-state index is 12.2. The van der Waals surface area contributed by atoms with Crippen LogP contribution in [0.5, 0.6) is 0 Å². The minimum absolute atomic E-state index is 0.370. The number of carbonyl (C=O) groups is 2. The van der Waals surface area contributed by atoms with E-state index in [0.29, 0.717) is 33.8 Å². The average molecular weight is 388 g/mol. The number of esters is 2. The number of furan rings is 1. The molecule has 0 radical (unpaired) electrons. The van der Waals surface area contributed by atoms with Crippen LogP contribution in [-0.4, -0.2) is 26.2 Å². The van der Waals surface area contributed by atoms with Gasteiger partial charge in [0.1, 0.15) is 11.5 Å². The van der Waals surface area contributed by atoms with Crippen molar-refractivity contribution in [3.05, 3.63) is 95.4 Å². The molecule has 2 aromatic carbocycles. The highest BCUT2D eigenvalue weighted by Crippen LogP contribution is 2.24. The molecule has 0 unspecified atom stereocenters. The van der Waals surface area contributed by atoms with Crippen LogP contribution in [0.3, 0.4) is 0 Å². The summed E-state index contributed by atoms with van der Waals surface area (Å²) in [6, 6.07) is 21.8. The fraction of sp³-hybridized carbons (Fsp3) is 0.0833. The summed E-state index contributed by atoms with van der Waals surface area (Å²) < 4.78 is 15.6. The Kier molecular flexibility index (Phi) is 6.43. The Morgan fingerprint density at radius 3 is 1.38 bits per heavy atom. The number of hydrogen-bond acceptors (Lipinski definition) is 5. The van der Waals surface area contributed by atoms with Gasteiger partial charge in [0.2, 0.25) is 0 Å². The first-order chi connectivity index (χ1) is 14.1. The van der Waals surface area contributed by atoms with Gasteiger partial charge in [0.25, 0.3) is 0 Å². The molecule has 5 heteroatoms. The molecule has 0 spiro atoms. The molecule has 5 nitrogen and oxygen atoms in total. The number of ether oxygens (including phenoxy) is 2. The number of hydrogen-bond donors (Lipinski definition) is 0. The van der Waals surface area contributed by atoms with E-state index >= 15 is 0 Å². The van der Waals surface area contributed by atoms with Gasteiger partial charge in [-0.3, -0.25) is 0 Å². The zero-order valence-electron chi connectivity index (χ0n) is 16.1. The molecule has 0 fully saturated rings. The Labute approximate surface area is 168 Å². The molecule has 0 aliphatic heterocycles. The lowest BCUT2D eigenvalue weighted by molar-refractivity contribution is -0.134. The fourth-order valence-corrected chi connectivity index (χ4v) is 2.78. The smallest absolute Gasteiger partial charge is 0.338 e. The van der Waals surface area contributed by atoms with Gasteiger partial charge in [0.05, 0.1) is 25.4 Å². The lowest BCUT2D eigenvalue weighted by Crippen LogP contribution is -2.03. The van der Waals surface area contributed by atoms with Gasteiger partial charge in [0.15, 0.2) is 0 Å². The van der Waals surface area contributed by atoms with Crippen LogP contribution in [-0.2, 0) is 19.1 Å². The summed E-state index contributed by atoms with van der Waals surface area (Å²) in [6.07, 6.45) is 3.22. The summed E-state index contributed by atoms with van der Waals surface area (Å²) in [6.45, 7) is 0. The number of benzene rings is 2. The summed E-state index contributed by atoms with van der Waals surface area (Å²) >= 11 is 0. The maximum absolute atomic E-state index is 12.2. The molecule has 0 aliphatic rings. The average Bonchev–Trinajstić information content (AvgIpc) is 3.23. The van der Waals surface area contributed by atoms with Gasteiger partial charge < -0.3 is 13.9 Å². The third-order valence-corrected chi connectivity index (χ3v) is 4.20. The molecule has 0 N–H and O–H groups in total. The molecule has 0 atom stereocenters. The third-order valence-electron chi connectivity index (χ3n) is 4.20. The molecule has 3 rings (SSSR count). The quantitative estimate of drug-likeness (QED) is 0.452. The highest BCUT2D eigenvalue weighted by atomic mass is 16.5. The second-order valence-corrected chi connectivity index (χ2v) is 6.07. The molecule has 0 saturated carbocycles. The van der Waals surface area contributed by atoms with Crippen LogP contribution in [0.4, 0.5) is 0 Å². The van der Waals surface area contributed by atoms with Crippen LogP contribution in [0, 0.1) is 0 Å². The third kappa shape index (κ3) is 4.90. The number of carbonyl (C=O) groups excluding carboxylic acids is 2. The summed E-state index contributed by atoms with van der Waals surface area (Å²) in [7, 11) is 2.66. The van der Waals surface area contributed by atoms with E-state index < -0.39 is 11.9 Å². The summed E-state index contributed by atoms with van der Waals surface area (Å²) in [4.78, 5) is 24.4. The van der Waals surface area contributed by atoms with Crippen LogP contribution in [0.1, 0.15) is 22.6 Å². The van der Waals surface area contributed by atoms with E-state index in [1.165, 1.54) is 14.2 Å². The highest BCUT2D eigenvalue weighted by Gasteiger charge is 2.15. The Bertz CT molecular complexity index is 959. The van der Waals surface area contributed by atoms with Crippen molar-refractivity contribution < 1.29 is 23.5 Å². The zero-order valence-corrected chi connectivity index (χ0v) is 16.1. The Hall–Kier alpha value is -3.86. The van der Waals surface area contributed by atoms with Crippen molar-refractivity contribution in [1.29, 1.82) is 0 Å². The van der Waals surface area contributed by atoms with Crippen molar-refractivity contribution in [1.82, 2.24) is 0 Å². The topological polar surface area (TPSA) is 65.7 Å². The molecular formula is C24H20O5. The highest BCUT2D eigenvalue weighted by molar-refractivity contribution is 6.22. The van der Waals surface area contributed by atoms with Crippen LogP contribution in [0.25, 0.3) is 23.3 Å². The van der Waals surface area contributed by atoms with Crippen LogP contribution in [0.2, 0.25) is 0 Å². The van der Waals surface area contributed by atoms with E-state index in [1.54, 1.807) is 24.3 Å². The zero-order chi connectivity index (χ0) is 20.6. The summed E-state index contributed by atoms with van der Waals surface area (Å²) in [5, 5.41) is 0. The van der Waals surface area contributed by atoms with Gasteiger partial charge in [-0.2, -0.15) is 0 Å². The van der Waals surface area contributed by atoms with Crippen LogP contribution in [0.15, 0.2) is 77.2 Å². The van der Waals surface area contributed by atoms with E-state index in [4.69, 9.17) is 13.9 Å². The lowest BCUT2D eigenvalue weighted by atomic mass is 10.1. The molecule has 0 amide bonds. The van der Waals surface area contributed by atoms with Gasteiger partial charge in [-0.15, -0.1) is 0 Å². The maximum Gasteiger partial charge on any atom is 0.338 e. The lowest BCUT2D eigenvalue weighted by Gasteiger charge is -2.05. The van der Waals surface area contributed by atoms with Crippen molar-refractivity contribution in [2.45, 2.75) is 0 Å². The first kappa shape index (κ1) is 19.9. The van der Waals surface area contributed by atoms with Crippen molar-refractivity contribution in [2.75, 3.05) is 14.2 Å². The van der Waals surface area contributed by atoms with Crippen molar-refractivity contribution in [3.63, 3.8) is 0 Å². The first-order valence-electron chi connectivity index (χ1n) is 8.93. The molecule has 3 aromatic rings. The molecule has 0 saturated heterocycles. The van der Waals surface area contributed by atoms with Crippen LogP contribution >= 0.6 is 0 Å². The monoisotopic (exact) mass is 388 g/mol. The fourth-order valence-electron chi connectivity index (χ4n) is 2.78. The van der Waals surface area contributed by atoms with Crippen molar-refractivity contribution in [2.24, 2.45) is 0 Å². The number of methoxy groups -OCH3 is 2. The number of rotatable bonds is 6. The molecule has 146 valence electrons. The summed E-state index contributed by atoms with van der Waals surface area (Å²) in [5.41, 5.74) is 2.17. The van der Waals surface area contributed by atoms with Gasteiger partial charge in [-0.05, 0) is 35.4 Å². The molecule has 29 heavy (non-hydrogen) atoms. The second-order valence-electron chi connectivity index (χ2n) is 6.07. The molecule has 0 aliphatic carbocycles. The molecule has 1 heterocycles. The van der Waals surface area contributed by atoms with E-state index in [2.05, 4.69) is 0 Å². The van der Waals surface area contributed by atoms with Crippen LogP contribution < -0.4 is 0 Å². The second kappa shape index (κ2) is 9.37. The largest absolute Gasteiger partial charge is 0.465 e. The van der Waals surface area contributed by atoms with Gasteiger partial charge in [-0.1, -0.05) is 60.7 Å².